The number of fused-ring (bicyclic) bond motifs is 1. The Morgan fingerprint density at radius 2 is 1.83 bits per heavy atom. The molecule has 0 atom stereocenters. The number of rotatable bonds is 3. The lowest BCUT2D eigenvalue weighted by atomic mass is 9.94. The normalized spacial score (nSPS) is 15.6. The monoisotopic (exact) mass is 392 g/mol. The molecule has 1 saturated heterocycles. The smallest absolute Gasteiger partial charge is 0.404 e. The Hall–Kier alpha value is -3.74. The van der Waals surface area contributed by atoms with Gasteiger partial charge in [0.05, 0.1) is 0 Å². The van der Waals surface area contributed by atoms with Crippen LogP contribution in [0, 0.1) is 11.7 Å². The molecule has 29 heavy (non-hydrogen) atoms. The number of cyclic esters (lactones) is 1. The summed E-state index contributed by atoms with van der Waals surface area (Å²) in [4.78, 5) is 38.9. The number of hydrogen-bond acceptors (Lipinski definition) is 4. The molecule has 0 saturated carbocycles. The molecule has 7 heteroatoms. The van der Waals surface area contributed by atoms with E-state index in [1.165, 1.54) is 6.07 Å². The van der Waals surface area contributed by atoms with E-state index in [9.17, 15) is 18.8 Å². The van der Waals surface area contributed by atoms with Crippen LogP contribution in [0.2, 0.25) is 0 Å². The molecule has 6 nitrogen and oxygen atoms in total. The van der Waals surface area contributed by atoms with E-state index in [4.69, 9.17) is 4.74 Å². The summed E-state index contributed by atoms with van der Waals surface area (Å²) >= 11 is 0. The Morgan fingerprint density at radius 3 is 2.48 bits per heavy atom. The Labute approximate surface area is 165 Å². The molecule has 4 rings (SSSR count). The van der Waals surface area contributed by atoms with Crippen LogP contribution in [0.25, 0.3) is 27.6 Å². The first-order valence-electron chi connectivity index (χ1n) is 9.05. The van der Waals surface area contributed by atoms with Gasteiger partial charge in [-0.15, -0.1) is 0 Å². The number of benzene rings is 2. The molecular formula is C22H17FN2O4. The second-order valence-corrected chi connectivity index (χ2v) is 7.03. The van der Waals surface area contributed by atoms with Crippen LogP contribution >= 0.6 is 0 Å². The van der Waals surface area contributed by atoms with Crippen LogP contribution in [0.5, 0.6) is 0 Å². The summed E-state index contributed by atoms with van der Waals surface area (Å²) in [6.45, 7) is 3.59. The average Bonchev–Trinajstić information content (AvgIpc) is 3.01. The van der Waals surface area contributed by atoms with E-state index in [-0.39, 0.29) is 23.1 Å². The van der Waals surface area contributed by atoms with Crippen molar-refractivity contribution in [3.63, 3.8) is 0 Å². The van der Waals surface area contributed by atoms with Crippen molar-refractivity contribution in [1.29, 1.82) is 0 Å². The molecule has 1 aliphatic heterocycles. The van der Waals surface area contributed by atoms with Crippen LogP contribution in [0.1, 0.15) is 19.4 Å². The molecule has 2 aromatic carbocycles. The first kappa shape index (κ1) is 18.6. The first-order chi connectivity index (χ1) is 13.8. The van der Waals surface area contributed by atoms with Gasteiger partial charge in [0.1, 0.15) is 5.82 Å². The number of alkyl carbamates (subject to hydrolysis) is 1. The number of ether oxygens (including phenoxy) is 1. The Balaban J connectivity index is 1.82. The number of H-pyrrole nitrogens is 1. The molecule has 0 aliphatic carbocycles. The Kier molecular flexibility index (Phi) is 4.50. The predicted molar refractivity (Wildman–Crippen MR) is 106 cm³/mol. The fraction of sp³-hybridized carbons (Fsp3) is 0.136. The van der Waals surface area contributed by atoms with Gasteiger partial charge < -0.3 is 9.72 Å². The summed E-state index contributed by atoms with van der Waals surface area (Å²) in [5.74, 6) is -1.43. The number of aromatic amines is 1. The van der Waals surface area contributed by atoms with Gasteiger partial charge in [-0.1, -0.05) is 38.1 Å². The topological polar surface area (TPSA) is 88.3 Å². The number of nitrogens with one attached hydrogen (secondary N) is 2. The first-order valence-corrected chi connectivity index (χ1v) is 9.05. The molecule has 2 amide bonds. The minimum absolute atomic E-state index is 0.170. The molecule has 0 unspecified atom stereocenters. The van der Waals surface area contributed by atoms with Gasteiger partial charge in [-0.3, -0.25) is 14.9 Å². The maximum absolute atomic E-state index is 14.1. The van der Waals surface area contributed by atoms with Gasteiger partial charge >= 0.3 is 6.09 Å². The van der Waals surface area contributed by atoms with Crippen LogP contribution < -0.4 is 10.9 Å². The van der Waals surface area contributed by atoms with E-state index >= 15 is 0 Å². The molecule has 2 heterocycles. The molecule has 3 aromatic rings. The zero-order valence-electron chi connectivity index (χ0n) is 15.7. The number of halogens is 1. The minimum atomic E-state index is -0.866. The van der Waals surface area contributed by atoms with Crippen molar-refractivity contribution < 1.29 is 18.7 Å². The van der Waals surface area contributed by atoms with Crippen molar-refractivity contribution in [3.05, 3.63) is 76.0 Å². The van der Waals surface area contributed by atoms with Crippen LogP contribution in [0.15, 0.2) is 59.1 Å². The van der Waals surface area contributed by atoms with Gasteiger partial charge in [0.2, 0.25) is 5.76 Å². The second-order valence-electron chi connectivity index (χ2n) is 7.03. The number of hydrogen-bond donors (Lipinski definition) is 2. The third-order valence-electron chi connectivity index (χ3n) is 4.78. The lowest BCUT2D eigenvalue weighted by molar-refractivity contribution is -0.116. The maximum Gasteiger partial charge on any atom is 0.419 e. The molecule has 2 N–H and O–H groups in total. The largest absolute Gasteiger partial charge is 0.419 e. The fourth-order valence-electron chi connectivity index (χ4n) is 3.44. The van der Waals surface area contributed by atoms with Crippen LogP contribution in [0.3, 0.4) is 0 Å². The van der Waals surface area contributed by atoms with E-state index in [1.54, 1.807) is 50.2 Å². The molecule has 0 radical (unpaired) electrons. The van der Waals surface area contributed by atoms with Crippen molar-refractivity contribution in [2.75, 3.05) is 0 Å². The lowest BCUT2D eigenvalue weighted by Gasteiger charge is -2.13. The predicted octanol–water partition coefficient (Wildman–Crippen LogP) is 3.97. The minimum Gasteiger partial charge on any atom is -0.404 e. The molecule has 1 fully saturated rings. The zero-order chi connectivity index (χ0) is 20.7. The third kappa shape index (κ3) is 3.31. The highest BCUT2D eigenvalue weighted by Gasteiger charge is 2.32. The maximum atomic E-state index is 14.1. The fourth-order valence-corrected chi connectivity index (χ4v) is 3.44. The van der Waals surface area contributed by atoms with E-state index in [0.29, 0.717) is 22.2 Å². The number of carbonyl (C=O) groups is 2. The van der Waals surface area contributed by atoms with Crippen LogP contribution in [-0.2, 0) is 9.53 Å². The van der Waals surface area contributed by atoms with Gasteiger partial charge in [0.25, 0.3) is 11.5 Å². The van der Waals surface area contributed by atoms with Crippen molar-refractivity contribution in [2.24, 2.45) is 5.92 Å². The van der Waals surface area contributed by atoms with Crippen molar-refractivity contribution in [2.45, 2.75) is 13.8 Å². The highest BCUT2D eigenvalue weighted by atomic mass is 19.1. The van der Waals surface area contributed by atoms with Crippen molar-refractivity contribution in [1.82, 2.24) is 10.3 Å². The third-order valence-corrected chi connectivity index (χ3v) is 4.78. The van der Waals surface area contributed by atoms with Crippen LogP contribution in [0.4, 0.5) is 9.18 Å². The summed E-state index contributed by atoms with van der Waals surface area (Å²) in [6.07, 6.45) is -0.866. The van der Waals surface area contributed by atoms with E-state index in [2.05, 4.69) is 4.98 Å². The molecule has 1 aromatic heterocycles. The van der Waals surface area contributed by atoms with E-state index in [0.717, 1.165) is 5.39 Å². The van der Waals surface area contributed by atoms with Gasteiger partial charge in [-0.2, -0.15) is 0 Å². The Bertz CT molecular complexity index is 1260. The van der Waals surface area contributed by atoms with Crippen LogP contribution in [-0.4, -0.2) is 17.0 Å². The summed E-state index contributed by atoms with van der Waals surface area (Å²) in [5.41, 5.74) is 1.28. The molecule has 0 spiro atoms. The highest BCUT2D eigenvalue weighted by Crippen LogP contribution is 2.29. The standard InChI is InChI=1S/C22H17FN2O4/c1-11(2)18(19-21(27)25-22(28)29-19)14-8-9-17(24-20(14)26)13-7-6-12-4-3-5-16(23)15(12)10-13/h3-11H,1-2H3,(H,24,26)(H,25,27,28)/b19-18-. The lowest BCUT2D eigenvalue weighted by Crippen LogP contribution is -2.20. The molecule has 1 aliphatic rings. The summed E-state index contributed by atoms with van der Waals surface area (Å²) < 4.78 is 19.1. The molecule has 0 bridgehead atoms. The van der Waals surface area contributed by atoms with E-state index in [1.807, 2.05) is 11.4 Å². The second kappa shape index (κ2) is 7.01. The van der Waals surface area contributed by atoms with Gasteiger partial charge in [0, 0.05) is 22.2 Å². The molecule has 146 valence electrons. The number of allylic oxidation sites excluding steroid dienone is 1. The zero-order valence-corrected chi connectivity index (χ0v) is 15.7. The number of amides is 2. The highest BCUT2D eigenvalue weighted by molar-refractivity contribution is 6.11. The van der Waals surface area contributed by atoms with Gasteiger partial charge in [-0.25, -0.2) is 9.18 Å². The van der Waals surface area contributed by atoms with Gasteiger partial charge in [-0.05, 0) is 41.1 Å². The average molecular weight is 392 g/mol. The summed E-state index contributed by atoms with van der Waals surface area (Å²) in [7, 11) is 0. The summed E-state index contributed by atoms with van der Waals surface area (Å²) in [5, 5.41) is 3.26. The number of imide groups is 1. The number of aromatic nitrogens is 1. The van der Waals surface area contributed by atoms with Crippen molar-refractivity contribution >= 4 is 28.3 Å². The van der Waals surface area contributed by atoms with E-state index < -0.39 is 17.6 Å². The number of pyridine rings is 1. The van der Waals surface area contributed by atoms with Crippen molar-refractivity contribution in [3.8, 4) is 11.3 Å². The number of carbonyl (C=O) groups excluding carboxylic acids is 2. The Morgan fingerprint density at radius 1 is 1.03 bits per heavy atom. The van der Waals surface area contributed by atoms with Gasteiger partial charge in [0.15, 0.2) is 0 Å². The quantitative estimate of drug-likeness (QED) is 0.660. The SMILES string of the molecule is CC(C)/C(=C1/OC(=O)NC1=O)c1ccc(-c2ccc3cccc(F)c3c2)[nH]c1=O. The summed E-state index contributed by atoms with van der Waals surface area (Å²) in [6, 6.07) is 13.3. The molecular weight excluding hydrogens is 375 g/mol.